The fraction of sp³-hybridized carbons (Fsp3) is 0.579. The topological polar surface area (TPSA) is 28.5 Å². The van der Waals surface area contributed by atoms with E-state index in [9.17, 15) is 0 Å². The van der Waals surface area contributed by atoms with Crippen LogP contribution in [-0.4, -0.2) is 42.3 Å². The summed E-state index contributed by atoms with van der Waals surface area (Å²) in [6.45, 7) is 4.76. The number of rotatable bonds is 2. The zero-order valence-corrected chi connectivity index (χ0v) is 15.2. The van der Waals surface area contributed by atoms with Crippen LogP contribution in [0.4, 0.5) is 4.39 Å². The lowest BCUT2D eigenvalue weighted by atomic mass is 9.94. The number of fused-ring (bicyclic) bond motifs is 1. The number of aromatic nitrogens is 1. The smallest absolute Gasteiger partial charge is 0.164 e. The van der Waals surface area contributed by atoms with Crippen molar-refractivity contribution in [2.75, 3.05) is 26.7 Å². The van der Waals surface area contributed by atoms with E-state index in [1.54, 1.807) is 0 Å². The molecule has 0 radical (unpaired) electrons. The molecule has 2 aliphatic heterocycles. The van der Waals surface area contributed by atoms with Gasteiger partial charge in [0.2, 0.25) is 0 Å². The Labute approximate surface area is 146 Å². The van der Waals surface area contributed by atoms with Crippen molar-refractivity contribution in [3.63, 3.8) is 0 Å². The van der Waals surface area contributed by atoms with E-state index in [4.69, 9.17) is 4.99 Å². The van der Waals surface area contributed by atoms with Gasteiger partial charge in [0, 0.05) is 38.2 Å². The van der Waals surface area contributed by atoms with Gasteiger partial charge in [-0.05, 0) is 43.5 Å². The highest BCUT2D eigenvalue weighted by Crippen LogP contribution is 2.40. The number of hydrogen-bond acceptors (Lipinski definition) is 4. The standard InChI is InChI=1S/C19H24FN3S/c1-13-3-5-15(21-12-13)14-4-6-17-16(11-14)22-18(24-17)19(20)7-9-23(2)10-8-19/h4,6,11,13H,3,5,7-10,12H2,1-2H3. The van der Waals surface area contributed by atoms with Crippen molar-refractivity contribution in [1.29, 1.82) is 0 Å². The van der Waals surface area contributed by atoms with Crippen LogP contribution in [0.2, 0.25) is 0 Å². The van der Waals surface area contributed by atoms with Crippen LogP contribution in [0.5, 0.6) is 0 Å². The van der Waals surface area contributed by atoms with Crippen molar-refractivity contribution < 1.29 is 4.39 Å². The zero-order chi connectivity index (χ0) is 16.7. The fourth-order valence-corrected chi connectivity index (χ4v) is 4.63. The average Bonchev–Trinajstić information content (AvgIpc) is 3.02. The molecule has 2 aliphatic rings. The molecule has 1 aromatic heterocycles. The average molecular weight is 345 g/mol. The van der Waals surface area contributed by atoms with Gasteiger partial charge in [-0.1, -0.05) is 13.0 Å². The quantitative estimate of drug-likeness (QED) is 0.807. The van der Waals surface area contributed by atoms with E-state index in [1.807, 2.05) is 0 Å². The normalized spacial score (nSPS) is 25.0. The molecule has 4 rings (SSSR count). The van der Waals surface area contributed by atoms with E-state index in [-0.39, 0.29) is 0 Å². The molecule has 0 saturated carbocycles. The highest BCUT2D eigenvalue weighted by atomic mass is 32.1. The van der Waals surface area contributed by atoms with Crippen molar-refractivity contribution in [2.24, 2.45) is 10.9 Å². The molecular formula is C19H24FN3S. The maximum Gasteiger partial charge on any atom is 0.164 e. The van der Waals surface area contributed by atoms with Gasteiger partial charge in [0.05, 0.1) is 10.2 Å². The number of aliphatic imine (C=N–C) groups is 1. The molecule has 1 aromatic carbocycles. The lowest BCUT2D eigenvalue weighted by Gasteiger charge is -2.32. The second kappa shape index (κ2) is 6.19. The molecule has 24 heavy (non-hydrogen) atoms. The minimum Gasteiger partial charge on any atom is -0.306 e. The first-order valence-corrected chi connectivity index (χ1v) is 9.67. The fourth-order valence-electron chi connectivity index (χ4n) is 3.54. The molecule has 1 unspecified atom stereocenters. The molecule has 0 aliphatic carbocycles. The van der Waals surface area contributed by atoms with Gasteiger partial charge in [-0.15, -0.1) is 11.3 Å². The summed E-state index contributed by atoms with van der Waals surface area (Å²) in [6, 6.07) is 6.31. The van der Waals surface area contributed by atoms with Crippen LogP contribution in [-0.2, 0) is 5.67 Å². The molecule has 128 valence electrons. The Morgan fingerprint density at radius 2 is 2.08 bits per heavy atom. The maximum absolute atomic E-state index is 15.3. The van der Waals surface area contributed by atoms with Gasteiger partial charge >= 0.3 is 0 Å². The van der Waals surface area contributed by atoms with E-state index < -0.39 is 5.67 Å². The van der Waals surface area contributed by atoms with Crippen molar-refractivity contribution >= 4 is 27.3 Å². The number of piperidine rings is 1. The van der Waals surface area contributed by atoms with Gasteiger partial charge in [0.1, 0.15) is 5.01 Å². The van der Waals surface area contributed by atoms with Gasteiger partial charge < -0.3 is 4.90 Å². The molecular weight excluding hydrogens is 321 g/mol. The Hall–Kier alpha value is -1.33. The van der Waals surface area contributed by atoms with Crippen LogP contribution < -0.4 is 0 Å². The summed E-state index contributed by atoms with van der Waals surface area (Å²) in [7, 11) is 2.05. The summed E-state index contributed by atoms with van der Waals surface area (Å²) in [6.07, 6.45) is 3.31. The van der Waals surface area contributed by atoms with Gasteiger partial charge in [0.25, 0.3) is 0 Å². The third kappa shape index (κ3) is 3.00. The molecule has 3 nitrogen and oxygen atoms in total. The van der Waals surface area contributed by atoms with E-state index >= 15 is 4.39 Å². The second-order valence-electron chi connectivity index (χ2n) is 7.40. The van der Waals surface area contributed by atoms with Crippen LogP contribution >= 0.6 is 11.3 Å². The van der Waals surface area contributed by atoms with Gasteiger partial charge in [-0.3, -0.25) is 4.99 Å². The molecule has 5 heteroatoms. The highest BCUT2D eigenvalue weighted by molar-refractivity contribution is 7.18. The molecule has 0 bridgehead atoms. The summed E-state index contributed by atoms with van der Waals surface area (Å²) in [5.41, 5.74) is 2.00. The molecule has 1 atom stereocenters. The SMILES string of the molecule is CC1CCC(c2ccc3sc(C4(F)CCN(C)CC4)nc3c2)=NC1. The van der Waals surface area contributed by atoms with E-state index in [1.165, 1.54) is 23.5 Å². The molecule has 1 saturated heterocycles. The number of likely N-dealkylation sites (tertiary alicyclic amines) is 1. The summed E-state index contributed by atoms with van der Waals surface area (Å²) < 4.78 is 16.4. The Balaban J connectivity index is 1.64. The van der Waals surface area contributed by atoms with Crippen LogP contribution in [0.15, 0.2) is 23.2 Å². The minimum absolute atomic E-state index is 0.542. The van der Waals surface area contributed by atoms with Gasteiger partial charge in [-0.2, -0.15) is 0 Å². The van der Waals surface area contributed by atoms with Crippen LogP contribution in [0, 0.1) is 5.92 Å². The molecule has 0 spiro atoms. The van der Waals surface area contributed by atoms with E-state index in [0.717, 1.165) is 41.8 Å². The maximum atomic E-state index is 15.3. The number of alkyl halides is 1. The highest BCUT2D eigenvalue weighted by Gasteiger charge is 2.38. The monoisotopic (exact) mass is 345 g/mol. The predicted octanol–water partition coefficient (Wildman–Crippen LogP) is 4.41. The first kappa shape index (κ1) is 16.2. The number of nitrogens with zero attached hydrogens (tertiary/aromatic N) is 3. The van der Waals surface area contributed by atoms with Gasteiger partial charge in [-0.25, -0.2) is 9.37 Å². The molecule has 2 aromatic rings. The Bertz CT molecular complexity index is 774. The minimum atomic E-state index is -1.26. The van der Waals surface area contributed by atoms with Crippen molar-refractivity contribution in [3.8, 4) is 0 Å². The largest absolute Gasteiger partial charge is 0.306 e. The Morgan fingerprint density at radius 3 is 2.79 bits per heavy atom. The van der Waals surface area contributed by atoms with Crippen LogP contribution in [0.3, 0.4) is 0 Å². The lowest BCUT2D eigenvalue weighted by Crippen LogP contribution is -2.37. The van der Waals surface area contributed by atoms with Crippen LogP contribution in [0.25, 0.3) is 10.2 Å². The second-order valence-corrected chi connectivity index (χ2v) is 8.43. The molecule has 0 N–H and O–H groups in total. The van der Waals surface area contributed by atoms with E-state index in [2.05, 4.69) is 42.1 Å². The summed E-state index contributed by atoms with van der Waals surface area (Å²) in [5.74, 6) is 0.680. The van der Waals surface area contributed by atoms with Crippen molar-refractivity contribution in [1.82, 2.24) is 9.88 Å². The van der Waals surface area contributed by atoms with E-state index in [0.29, 0.717) is 23.8 Å². The molecule has 1 fully saturated rings. The predicted molar refractivity (Wildman–Crippen MR) is 98.9 cm³/mol. The number of thiazole rings is 1. The van der Waals surface area contributed by atoms with Gasteiger partial charge in [0.15, 0.2) is 5.67 Å². The number of hydrogen-bond donors (Lipinski definition) is 0. The third-order valence-electron chi connectivity index (χ3n) is 5.35. The Morgan fingerprint density at radius 1 is 1.29 bits per heavy atom. The lowest BCUT2D eigenvalue weighted by molar-refractivity contribution is 0.0673. The third-order valence-corrected chi connectivity index (χ3v) is 6.57. The summed E-state index contributed by atoms with van der Waals surface area (Å²) >= 11 is 1.52. The number of benzene rings is 1. The van der Waals surface area contributed by atoms with Crippen molar-refractivity contribution in [3.05, 3.63) is 28.8 Å². The first-order valence-electron chi connectivity index (χ1n) is 8.86. The Kier molecular flexibility index (Phi) is 4.17. The number of halogens is 1. The van der Waals surface area contributed by atoms with Crippen LogP contribution in [0.1, 0.15) is 43.2 Å². The summed E-state index contributed by atoms with van der Waals surface area (Å²) in [5, 5.41) is 0.655. The molecule has 3 heterocycles. The molecule has 0 amide bonds. The zero-order valence-electron chi connectivity index (χ0n) is 14.4. The summed E-state index contributed by atoms with van der Waals surface area (Å²) in [4.78, 5) is 11.6. The van der Waals surface area contributed by atoms with Crippen molar-refractivity contribution in [2.45, 2.75) is 38.3 Å². The first-order chi connectivity index (χ1) is 11.5.